The van der Waals surface area contributed by atoms with E-state index in [1.807, 2.05) is 14.1 Å². The highest BCUT2D eigenvalue weighted by atomic mass is 32.2. The van der Waals surface area contributed by atoms with Crippen molar-refractivity contribution in [1.29, 1.82) is 0 Å². The van der Waals surface area contributed by atoms with Crippen molar-refractivity contribution in [3.63, 3.8) is 0 Å². The smallest absolute Gasteiger partial charge is 0.235 e. The summed E-state index contributed by atoms with van der Waals surface area (Å²) in [5.41, 5.74) is 2.57. The number of benzene rings is 1. The Hall–Kier alpha value is -1.07. The molecule has 1 amide bonds. The van der Waals surface area contributed by atoms with Crippen LogP contribution in [0, 0.1) is 6.92 Å². The topological polar surface area (TPSA) is 32.3 Å². The van der Waals surface area contributed by atoms with Crippen molar-refractivity contribution in [2.24, 2.45) is 0 Å². The molecule has 0 bridgehead atoms. The predicted octanol–water partition coefficient (Wildman–Crippen LogP) is 2.20. The Morgan fingerprint density at radius 1 is 1.29 bits per heavy atom. The highest BCUT2D eigenvalue weighted by Gasteiger charge is 2.13. The quantitative estimate of drug-likeness (QED) is 0.791. The maximum Gasteiger partial charge on any atom is 0.235 e. The molecule has 1 aliphatic heterocycles. The maximum absolute atomic E-state index is 10.2. The number of aryl methyl sites for hydroxylation is 1. The summed E-state index contributed by atoms with van der Waals surface area (Å²) >= 11 is 6.00. The van der Waals surface area contributed by atoms with E-state index in [1.165, 1.54) is 23.0 Å². The lowest BCUT2D eigenvalue weighted by Gasteiger charge is -2.11. The van der Waals surface area contributed by atoms with Gasteiger partial charge in [-0.1, -0.05) is 41.7 Å². The van der Waals surface area contributed by atoms with Crippen LogP contribution in [0.25, 0.3) is 0 Å². The van der Waals surface area contributed by atoms with Gasteiger partial charge in [0.15, 0.2) is 0 Å². The first-order valence-electron chi connectivity index (χ1n) is 5.19. The number of carbonyl (C=O) groups is 1. The van der Waals surface area contributed by atoms with Crippen LogP contribution in [-0.4, -0.2) is 30.1 Å². The van der Waals surface area contributed by atoms with E-state index in [9.17, 15) is 4.79 Å². The van der Waals surface area contributed by atoms with Gasteiger partial charge in [0.25, 0.3) is 0 Å². The zero-order valence-corrected chi connectivity index (χ0v) is 11.8. The van der Waals surface area contributed by atoms with Crippen molar-refractivity contribution in [3.05, 3.63) is 29.8 Å². The van der Waals surface area contributed by atoms with Gasteiger partial charge in [0, 0.05) is 19.8 Å². The van der Waals surface area contributed by atoms with Crippen molar-refractivity contribution >= 4 is 39.9 Å². The van der Waals surface area contributed by atoms with Crippen LogP contribution in [0.3, 0.4) is 0 Å². The molecule has 0 aromatic heterocycles. The number of anilines is 1. The average molecular weight is 268 g/mol. The molecule has 0 unspecified atom stereocenters. The van der Waals surface area contributed by atoms with Crippen molar-refractivity contribution in [3.8, 4) is 0 Å². The lowest BCUT2D eigenvalue weighted by Crippen LogP contribution is -2.18. The third-order valence-electron chi connectivity index (χ3n) is 2.13. The summed E-state index contributed by atoms with van der Waals surface area (Å²) in [4.78, 5) is 12.3. The summed E-state index contributed by atoms with van der Waals surface area (Å²) < 4.78 is 0.602. The number of thiocarbonyl (C=S) groups is 1. The first kappa shape index (κ1) is 14.0. The molecule has 1 N–H and O–H groups in total. The van der Waals surface area contributed by atoms with Gasteiger partial charge in [-0.3, -0.25) is 4.79 Å². The van der Waals surface area contributed by atoms with Gasteiger partial charge in [0.05, 0.1) is 5.75 Å². The standard InChI is InChI=1S/C9H13N.C3H3NOS2/c1-8-4-6-9(7-5-8)10(2)3;5-2-1-7-3(6)4-2/h4-7H,1-3H3;1H2,(H,4,5,6). The zero-order chi connectivity index (χ0) is 12.8. The number of nitrogens with one attached hydrogen (secondary N) is 1. The molecule has 5 heteroatoms. The number of rotatable bonds is 1. The second-order valence-corrected chi connectivity index (χ2v) is 5.51. The van der Waals surface area contributed by atoms with Crippen LogP contribution in [0.15, 0.2) is 24.3 Å². The molecule has 0 atom stereocenters. The average Bonchev–Trinajstić information content (AvgIpc) is 2.64. The summed E-state index contributed by atoms with van der Waals surface area (Å²) in [6.07, 6.45) is 0. The minimum atomic E-state index is 0.0231. The Morgan fingerprint density at radius 3 is 2.18 bits per heavy atom. The van der Waals surface area contributed by atoms with Crippen LogP contribution < -0.4 is 10.2 Å². The third-order valence-corrected chi connectivity index (χ3v) is 3.35. The SMILES string of the molecule is Cc1ccc(N(C)C)cc1.O=C1CSC(=S)N1. The van der Waals surface area contributed by atoms with Gasteiger partial charge in [-0.2, -0.15) is 0 Å². The highest BCUT2D eigenvalue weighted by Crippen LogP contribution is 2.10. The van der Waals surface area contributed by atoms with Crippen LogP contribution in [0.5, 0.6) is 0 Å². The molecule has 3 nitrogen and oxygen atoms in total. The lowest BCUT2D eigenvalue weighted by atomic mass is 10.2. The summed E-state index contributed by atoms with van der Waals surface area (Å²) in [6.45, 7) is 2.10. The summed E-state index contributed by atoms with van der Waals surface area (Å²) in [5.74, 6) is 0.522. The third kappa shape index (κ3) is 5.19. The molecule has 2 rings (SSSR count). The van der Waals surface area contributed by atoms with Gasteiger partial charge in [-0.15, -0.1) is 0 Å². The van der Waals surface area contributed by atoms with Gasteiger partial charge < -0.3 is 10.2 Å². The first-order valence-corrected chi connectivity index (χ1v) is 6.59. The number of hydrogen-bond acceptors (Lipinski definition) is 4. The molecule has 1 aliphatic rings. The molecule has 0 radical (unpaired) electrons. The molecule has 1 fully saturated rings. The van der Waals surface area contributed by atoms with E-state index in [2.05, 4.69) is 53.6 Å². The molecule has 92 valence electrons. The number of carbonyl (C=O) groups excluding carboxylic acids is 1. The monoisotopic (exact) mass is 268 g/mol. The van der Waals surface area contributed by atoms with E-state index in [1.54, 1.807) is 0 Å². The molecule has 17 heavy (non-hydrogen) atoms. The van der Waals surface area contributed by atoms with Gasteiger partial charge >= 0.3 is 0 Å². The van der Waals surface area contributed by atoms with Crippen LogP contribution in [0.1, 0.15) is 5.56 Å². The van der Waals surface area contributed by atoms with Crippen LogP contribution in [0.2, 0.25) is 0 Å². The molecule has 1 saturated heterocycles. The molecule has 0 aliphatic carbocycles. The van der Waals surface area contributed by atoms with E-state index in [4.69, 9.17) is 0 Å². The van der Waals surface area contributed by atoms with Gasteiger partial charge in [0.1, 0.15) is 4.32 Å². The fourth-order valence-corrected chi connectivity index (χ4v) is 1.97. The predicted molar refractivity (Wildman–Crippen MR) is 78.7 cm³/mol. The second kappa shape index (κ2) is 6.61. The minimum absolute atomic E-state index is 0.0231. The zero-order valence-electron chi connectivity index (χ0n) is 10.2. The van der Waals surface area contributed by atoms with Crippen molar-refractivity contribution in [2.45, 2.75) is 6.92 Å². The number of hydrogen-bond donors (Lipinski definition) is 1. The van der Waals surface area contributed by atoms with E-state index in [0.717, 1.165) is 0 Å². The first-order chi connectivity index (χ1) is 7.99. The number of thioether (sulfide) groups is 1. The van der Waals surface area contributed by atoms with E-state index in [-0.39, 0.29) is 5.91 Å². The largest absolute Gasteiger partial charge is 0.378 e. The Kier molecular flexibility index (Phi) is 5.44. The Bertz CT molecular complexity index is 387. The van der Waals surface area contributed by atoms with Gasteiger partial charge in [0.2, 0.25) is 5.91 Å². The number of nitrogens with zero attached hydrogens (tertiary/aromatic N) is 1. The number of amides is 1. The van der Waals surface area contributed by atoms with Crippen LogP contribution >= 0.6 is 24.0 Å². The molecule has 1 aromatic rings. The van der Waals surface area contributed by atoms with E-state index >= 15 is 0 Å². The van der Waals surface area contributed by atoms with Crippen molar-refractivity contribution < 1.29 is 4.79 Å². The summed E-state index contributed by atoms with van der Waals surface area (Å²) in [6, 6.07) is 8.48. The lowest BCUT2D eigenvalue weighted by molar-refractivity contribution is -0.116. The van der Waals surface area contributed by atoms with E-state index < -0.39 is 0 Å². The Balaban J connectivity index is 0.000000181. The Labute approximate surface area is 112 Å². The molecule has 1 aromatic carbocycles. The molecular formula is C12H16N2OS2. The molecule has 1 heterocycles. The van der Waals surface area contributed by atoms with Crippen molar-refractivity contribution in [2.75, 3.05) is 24.7 Å². The Morgan fingerprint density at radius 2 is 1.88 bits per heavy atom. The van der Waals surface area contributed by atoms with Gasteiger partial charge in [-0.25, -0.2) is 0 Å². The maximum atomic E-state index is 10.2. The summed E-state index contributed by atoms with van der Waals surface area (Å²) in [7, 11) is 4.09. The van der Waals surface area contributed by atoms with Crippen LogP contribution in [-0.2, 0) is 4.79 Å². The normalized spacial score (nSPS) is 13.8. The molecule has 0 spiro atoms. The van der Waals surface area contributed by atoms with E-state index in [0.29, 0.717) is 10.1 Å². The highest BCUT2D eigenvalue weighted by molar-refractivity contribution is 8.24. The fraction of sp³-hybridized carbons (Fsp3) is 0.333. The van der Waals surface area contributed by atoms with Crippen LogP contribution in [0.4, 0.5) is 5.69 Å². The van der Waals surface area contributed by atoms with Crippen molar-refractivity contribution in [1.82, 2.24) is 5.32 Å². The molecular weight excluding hydrogens is 252 g/mol. The summed E-state index contributed by atoms with van der Waals surface area (Å²) in [5, 5.41) is 2.47. The minimum Gasteiger partial charge on any atom is -0.378 e. The van der Waals surface area contributed by atoms with Gasteiger partial charge in [-0.05, 0) is 19.1 Å². The second-order valence-electron chi connectivity index (χ2n) is 3.85. The fourth-order valence-electron chi connectivity index (χ4n) is 1.16. The molecule has 0 saturated carbocycles.